The van der Waals surface area contributed by atoms with Gasteiger partial charge in [-0.05, 0) is 25.1 Å². The Morgan fingerprint density at radius 3 is 2.72 bits per heavy atom. The molecule has 0 saturated heterocycles. The van der Waals surface area contributed by atoms with Gasteiger partial charge in [-0.25, -0.2) is 0 Å². The second-order valence-corrected chi connectivity index (χ2v) is 4.32. The summed E-state index contributed by atoms with van der Waals surface area (Å²) in [4.78, 5) is 11.9. The summed E-state index contributed by atoms with van der Waals surface area (Å²) in [6.07, 6.45) is 0. The molecule has 0 radical (unpaired) electrons. The van der Waals surface area contributed by atoms with Gasteiger partial charge >= 0.3 is 0 Å². The molecule has 0 spiro atoms. The van der Waals surface area contributed by atoms with Crippen LogP contribution < -0.4 is 5.32 Å². The molecule has 5 nitrogen and oxygen atoms in total. The van der Waals surface area contributed by atoms with E-state index in [-0.39, 0.29) is 16.7 Å². The summed E-state index contributed by atoms with van der Waals surface area (Å²) in [5, 5.41) is 16.4. The highest BCUT2D eigenvalue weighted by Gasteiger charge is 2.11. The third-order valence-corrected chi connectivity index (χ3v) is 2.87. The zero-order valence-corrected chi connectivity index (χ0v) is 10.7. The lowest BCUT2D eigenvalue weighted by molar-refractivity contribution is 0.102. The number of hydrogen-bond acceptors (Lipinski definition) is 3. The molecular weight excluding hydrogens is 254 g/mol. The third-order valence-electron chi connectivity index (χ3n) is 2.55. The van der Waals surface area contributed by atoms with Crippen LogP contribution in [0.2, 0.25) is 5.02 Å². The fraction of sp³-hybridized carbons (Fsp3) is 0.167. The summed E-state index contributed by atoms with van der Waals surface area (Å²) in [7, 11) is 1.76. The smallest absolute Gasteiger partial charge is 0.276 e. The number of carbonyl (C=O) groups is 1. The van der Waals surface area contributed by atoms with E-state index >= 15 is 0 Å². The highest BCUT2D eigenvalue weighted by atomic mass is 35.5. The first-order valence-electron chi connectivity index (χ1n) is 5.28. The van der Waals surface area contributed by atoms with Gasteiger partial charge < -0.3 is 10.4 Å². The molecule has 0 saturated carbocycles. The number of rotatable bonds is 2. The molecule has 2 N–H and O–H groups in total. The number of nitrogens with zero attached hydrogens (tertiary/aromatic N) is 2. The predicted molar refractivity (Wildman–Crippen MR) is 69.0 cm³/mol. The minimum Gasteiger partial charge on any atom is -0.506 e. The second kappa shape index (κ2) is 4.70. The normalized spacial score (nSPS) is 10.4. The molecule has 1 aromatic heterocycles. The lowest BCUT2D eigenvalue weighted by Gasteiger charge is -2.04. The molecule has 0 unspecified atom stereocenters. The number of hydrogen-bond donors (Lipinski definition) is 2. The highest BCUT2D eigenvalue weighted by Crippen LogP contribution is 2.26. The van der Waals surface area contributed by atoms with Crippen LogP contribution in [0.25, 0.3) is 0 Å². The number of carbonyl (C=O) groups excluding carboxylic acids is 1. The summed E-state index contributed by atoms with van der Waals surface area (Å²) in [6.45, 7) is 1.86. The Labute approximate surface area is 109 Å². The first kappa shape index (κ1) is 12.4. The third kappa shape index (κ3) is 2.46. The van der Waals surface area contributed by atoms with Gasteiger partial charge in [0.2, 0.25) is 0 Å². The van der Waals surface area contributed by atoms with Crippen molar-refractivity contribution in [2.45, 2.75) is 6.92 Å². The molecule has 0 aliphatic rings. The molecule has 0 atom stereocenters. The Bertz CT molecular complexity index is 588. The van der Waals surface area contributed by atoms with Gasteiger partial charge in [-0.1, -0.05) is 11.6 Å². The molecule has 0 aliphatic carbocycles. The van der Waals surface area contributed by atoms with Crippen molar-refractivity contribution in [2.75, 3.05) is 5.32 Å². The van der Waals surface area contributed by atoms with E-state index in [1.165, 1.54) is 12.1 Å². The zero-order valence-electron chi connectivity index (χ0n) is 9.94. The molecular formula is C12H12ClN3O2. The quantitative estimate of drug-likeness (QED) is 0.876. The summed E-state index contributed by atoms with van der Waals surface area (Å²) < 4.78 is 1.62. The van der Waals surface area contributed by atoms with Crippen molar-refractivity contribution in [3.8, 4) is 5.75 Å². The Balaban J connectivity index is 2.18. The first-order valence-corrected chi connectivity index (χ1v) is 5.65. The van der Waals surface area contributed by atoms with E-state index in [0.29, 0.717) is 11.4 Å². The van der Waals surface area contributed by atoms with Crippen LogP contribution in [0.4, 0.5) is 5.69 Å². The molecule has 0 bridgehead atoms. The van der Waals surface area contributed by atoms with Crippen LogP contribution in [0.1, 0.15) is 16.2 Å². The van der Waals surface area contributed by atoms with Crippen molar-refractivity contribution < 1.29 is 9.90 Å². The molecule has 6 heteroatoms. The maximum absolute atomic E-state index is 11.9. The number of benzene rings is 1. The number of nitrogens with one attached hydrogen (secondary N) is 1. The summed E-state index contributed by atoms with van der Waals surface area (Å²) >= 11 is 5.68. The van der Waals surface area contributed by atoms with Crippen LogP contribution in [0, 0.1) is 6.92 Å². The largest absolute Gasteiger partial charge is 0.506 e. The molecule has 94 valence electrons. The average molecular weight is 266 g/mol. The Morgan fingerprint density at radius 2 is 2.17 bits per heavy atom. The number of halogens is 1. The lowest BCUT2D eigenvalue weighted by Crippen LogP contribution is -2.12. The molecule has 2 rings (SSSR count). The van der Waals surface area contributed by atoms with E-state index < -0.39 is 0 Å². The SMILES string of the molecule is Cc1cc(C(=O)Nc2ccc(Cl)c(O)c2)nn1C. The standard InChI is InChI=1S/C12H12ClN3O2/c1-7-5-10(15-16(7)2)12(18)14-8-3-4-9(13)11(17)6-8/h3-6,17H,1-2H3,(H,14,18). The minimum atomic E-state index is -0.333. The van der Waals surface area contributed by atoms with E-state index in [0.717, 1.165) is 5.69 Å². The summed E-state index contributed by atoms with van der Waals surface area (Å²) in [5.74, 6) is -0.410. The van der Waals surface area contributed by atoms with Crippen molar-refractivity contribution >= 4 is 23.2 Å². The van der Waals surface area contributed by atoms with Crippen LogP contribution in [0.3, 0.4) is 0 Å². The Kier molecular flexibility index (Phi) is 3.25. The zero-order chi connectivity index (χ0) is 13.3. The van der Waals surface area contributed by atoms with Gasteiger partial charge in [-0.15, -0.1) is 0 Å². The van der Waals surface area contributed by atoms with Crippen molar-refractivity contribution in [1.29, 1.82) is 0 Å². The number of phenols is 1. The summed E-state index contributed by atoms with van der Waals surface area (Å²) in [6, 6.07) is 6.19. The molecule has 18 heavy (non-hydrogen) atoms. The maximum atomic E-state index is 11.9. The maximum Gasteiger partial charge on any atom is 0.276 e. The minimum absolute atomic E-state index is 0.0772. The van der Waals surface area contributed by atoms with Crippen molar-refractivity contribution in [2.24, 2.45) is 7.05 Å². The predicted octanol–water partition coefficient (Wildman–Crippen LogP) is 2.34. The fourth-order valence-electron chi connectivity index (χ4n) is 1.46. The van der Waals surface area contributed by atoms with E-state index in [2.05, 4.69) is 10.4 Å². The number of anilines is 1. The van der Waals surface area contributed by atoms with E-state index in [1.54, 1.807) is 23.9 Å². The Morgan fingerprint density at radius 1 is 1.44 bits per heavy atom. The van der Waals surface area contributed by atoms with Gasteiger partial charge in [0.05, 0.1) is 5.02 Å². The molecule has 0 fully saturated rings. The lowest BCUT2D eigenvalue weighted by atomic mass is 10.3. The number of aromatic hydroxyl groups is 1. The summed E-state index contributed by atoms with van der Waals surface area (Å²) in [5.41, 5.74) is 1.67. The van der Waals surface area contributed by atoms with E-state index in [1.807, 2.05) is 6.92 Å². The molecule has 0 aliphatic heterocycles. The number of aromatic nitrogens is 2. The van der Waals surface area contributed by atoms with Crippen molar-refractivity contribution in [3.05, 3.63) is 40.7 Å². The fourth-order valence-corrected chi connectivity index (χ4v) is 1.57. The van der Waals surface area contributed by atoms with Gasteiger partial charge in [0.15, 0.2) is 5.69 Å². The Hall–Kier alpha value is -2.01. The van der Waals surface area contributed by atoms with Crippen LogP contribution in [0.5, 0.6) is 5.75 Å². The van der Waals surface area contributed by atoms with Gasteiger partial charge in [0, 0.05) is 24.5 Å². The molecule has 1 amide bonds. The first-order chi connectivity index (χ1) is 8.47. The van der Waals surface area contributed by atoms with Crippen molar-refractivity contribution in [1.82, 2.24) is 9.78 Å². The monoisotopic (exact) mass is 265 g/mol. The van der Waals surface area contributed by atoms with Crippen LogP contribution in [-0.4, -0.2) is 20.8 Å². The van der Waals surface area contributed by atoms with Crippen molar-refractivity contribution in [3.63, 3.8) is 0 Å². The molecule has 2 aromatic rings. The van der Waals surface area contributed by atoms with Crippen LogP contribution >= 0.6 is 11.6 Å². The van der Waals surface area contributed by atoms with Gasteiger partial charge in [0.1, 0.15) is 5.75 Å². The van der Waals surface area contributed by atoms with E-state index in [4.69, 9.17) is 11.6 Å². The molecule has 1 heterocycles. The average Bonchev–Trinajstić information content (AvgIpc) is 2.65. The number of aryl methyl sites for hydroxylation is 2. The topological polar surface area (TPSA) is 67.2 Å². The van der Waals surface area contributed by atoms with Gasteiger partial charge in [-0.2, -0.15) is 5.10 Å². The van der Waals surface area contributed by atoms with Gasteiger partial charge in [0.25, 0.3) is 5.91 Å². The van der Waals surface area contributed by atoms with Crippen LogP contribution in [0.15, 0.2) is 24.3 Å². The van der Waals surface area contributed by atoms with Gasteiger partial charge in [-0.3, -0.25) is 9.48 Å². The number of phenolic OH excluding ortho intramolecular Hbond substituents is 1. The highest BCUT2D eigenvalue weighted by molar-refractivity contribution is 6.32. The second-order valence-electron chi connectivity index (χ2n) is 3.91. The van der Waals surface area contributed by atoms with E-state index in [9.17, 15) is 9.90 Å². The molecule has 1 aromatic carbocycles. The number of amides is 1. The van der Waals surface area contributed by atoms with Crippen LogP contribution in [-0.2, 0) is 7.05 Å².